The SMILES string of the molecule is CSCCCCNCc1nn(C)c2ccccc12. The number of para-hydroxylation sites is 1. The highest BCUT2D eigenvalue weighted by atomic mass is 32.2. The predicted molar refractivity (Wildman–Crippen MR) is 80.0 cm³/mol. The minimum absolute atomic E-state index is 0.862. The molecular formula is C14H21N3S. The fourth-order valence-electron chi connectivity index (χ4n) is 2.12. The van der Waals surface area contributed by atoms with E-state index in [-0.39, 0.29) is 0 Å². The van der Waals surface area contributed by atoms with Crippen LogP contribution in [0.3, 0.4) is 0 Å². The molecule has 2 rings (SSSR count). The number of rotatable bonds is 7. The summed E-state index contributed by atoms with van der Waals surface area (Å²) < 4.78 is 1.96. The smallest absolute Gasteiger partial charge is 0.0841 e. The van der Waals surface area contributed by atoms with Gasteiger partial charge >= 0.3 is 0 Å². The molecule has 2 aromatic rings. The van der Waals surface area contributed by atoms with Crippen LogP contribution in [0.4, 0.5) is 0 Å². The molecule has 0 atom stereocenters. The predicted octanol–water partition coefficient (Wildman–Crippen LogP) is 2.81. The van der Waals surface area contributed by atoms with E-state index in [9.17, 15) is 0 Å². The second-order valence-corrected chi connectivity index (χ2v) is 5.45. The highest BCUT2D eigenvalue weighted by molar-refractivity contribution is 7.98. The average Bonchev–Trinajstić information content (AvgIpc) is 2.71. The monoisotopic (exact) mass is 263 g/mol. The zero-order valence-electron chi connectivity index (χ0n) is 11.1. The minimum atomic E-state index is 0.862. The number of unbranched alkanes of at least 4 members (excludes halogenated alkanes) is 1. The van der Waals surface area contributed by atoms with Gasteiger partial charge in [-0.15, -0.1) is 0 Å². The van der Waals surface area contributed by atoms with Crippen molar-refractivity contribution in [1.29, 1.82) is 0 Å². The van der Waals surface area contributed by atoms with Crippen LogP contribution < -0.4 is 5.32 Å². The third-order valence-electron chi connectivity index (χ3n) is 3.08. The summed E-state index contributed by atoms with van der Waals surface area (Å²) in [4.78, 5) is 0. The van der Waals surface area contributed by atoms with Gasteiger partial charge in [0.15, 0.2) is 0 Å². The quantitative estimate of drug-likeness (QED) is 0.779. The molecule has 0 spiro atoms. The van der Waals surface area contributed by atoms with Crippen LogP contribution in [0.15, 0.2) is 24.3 Å². The molecule has 1 aromatic heterocycles. The van der Waals surface area contributed by atoms with Crippen LogP contribution in [0.2, 0.25) is 0 Å². The van der Waals surface area contributed by atoms with Gasteiger partial charge in [-0.1, -0.05) is 18.2 Å². The van der Waals surface area contributed by atoms with E-state index in [2.05, 4.69) is 40.9 Å². The Morgan fingerprint density at radius 1 is 1.28 bits per heavy atom. The summed E-state index contributed by atoms with van der Waals surface area (Å²) >= 11 is 1.92. The van der Waals surface area contributed by atoms with Crippen molar-refractivity contribution in [1.82, 2.24) is 15.1 Å². The minimum Gasteiger partial charge on any atom is -0.311 e. The molecule has 0 aliphatic rings. The molecule has 98 valence electrons. The molecule has 1 heterocycles. The highest BCUT2D eigenvalue weighted by Crippen LogP contribution is 2.16. The van der Waals surface area contributed by atoms with E-state index in [1.807, 2.05) is 23.5 Å². The zero-order valence-corrected chi connectivity index (χ0v) is 12.0. The maximum atomic E-state index is 4.57. The van der Waals surface area contributed by atoms with Crippen molar-refractivity contribution in [2.24, 2.45) is 7.05 Å². The van der Waals surface area contributed by atoms with E-state index in [0.29, 0.717) is 0 Å². The third-order valence-corrected chi connectivity index (χ3v) is 3.78. The fraction of sp³-hybridized carbons (Fsp3) is 0.500. The first kappa shape index (κ1) is 13.4. The first-order valence-electron chi connectivity index (χ1n) is 6.43. The van der Waals surface area contributed by atoms with Crippen molar-refractivity contribution in [2.75, 3.05) is 18.6 Å². The Hall–Kier alpha value is -1.00. The van der Waals surface area contributed by atoms with Crippen LogP contribution in [0.25, 0.3) is 10.9 Å². The lowest BCUT2D eigenvalue weighted by atomic mass is 10.2. The van der Waals surface area contributed by atoms with Crippen LogP contribution in [0.5, 0.6) is 0 Å². The number of aromatic nitrogens is 2. The van der Waals surface area contributed by atoms with Crippen LogP contribution in [0, 0.1) is 0 Å². The van der Waals surface area contributed by atoms with E-state index in [1.54, 1.807) is 0 Å². The summed E-state index contributed by atoms with van der Waals surface area (Å²) in [5, 5.41) is 9.32. The van der Waals surface area contributed by atoms with Gasteiger partial charge in [-0.05, 0) is 37.5 Å². The second-order valence-electron chi connectivity index (χ2n) is 4.46. The number of hydrogen-bond donors (Lipinski definition) is 1. The van der Waals surface area contributed by atoms with E-state index < -0.39 is 0 Å². The number of aryl methyl sites for hydroxylation is 1. The molecule has 0 fully saturated rings. The van der Waals surface area contributed by atoms with Crippen LogP contribution in [0.1, 0.15) is 18.5 Å². The summed E-state index contributed by atoms with van der Waals surface area (Å²) in [7, 11) is 2.00. The molecule has 0 aliphatic heterocycles. The van der Waals surface area contributed by atoms with Gasteiger partial charge in [0.2, 0.25) is 0 Å². The molecule has 4 heteroatoms. The largest absolute Gasteiger partial charge is 0.311 e. The Morgan fingerprint density at radius 3 is 2.94 bits per heavy atom. The Kier molecular flexibility index (Phi) is 5.08. The molecule has 0 aliphatic carbocycles. The van der Waals surface area contributed by atoms with E-state index in [0.717, 1.165) is 18.8 Å². The second kappa shape index (κ2) is 6.81. The van der Waals surface area contributed by atoms with Crippen molar-refractivity contribution < 1.29 is 0 Å². The number of nitrogens with zero attached hydrogens (tertiary/aromatic N) is 2. The van der Waals surface area contributed by atoms with E-state index >= 15 is 0 Å². The number of nitrogens with one attached hydrogen (secondary N) is 1. The molecule has 0 saturated heterocycles. The molecule has 1 aromatic carbocycles. The van der Waals surface area contributed by atoms with E-state index in [1.165, 1.54) is 29.5 Å². The Balaban J connectivity index is 1.88. The van der Waals surface area contributed by atoms with Gasteiger partial charge < -0.3 is 5.32 Å². The average molecular weight is 263 g/mol. The zero-order chi connectivity index (χ0) is 12.8. The van der Waals surface area contributed by atoms with E-state index in [4.69, 9.17) is 0 Å². The van der Waals surface area contributed by atoms with Gasteiger partial charge in [-0.2, -0.15) is 16.9 Å². The van der Waals surface area contributed by atoms with Gasteiger partial charge in [0.25, 0.3) is 0 Å². The first-order chi connectivity index (χ1) is 8.83. The van der Waals surface area contributed by atoms with Crippen molar-refractivity contribution in [3.63, 3.8) is 0 Å². The number of fused-ring (bicyclic) bond motifs is 1. The first-order valence-corrected chi connectivity index (χ1v) is 7.82. The fourth-order valence-corrected chi connectivity index (χ4v) is 2.62. The molecule has 1 N–H and O–H groups in total. The van der Waals surface area contributed by atoms with Crippen molar-refractivity contribution in [2.45, 2.75) is 19.4 Å². The Bertz CT molecular complexity index is 493. The maximum absolute atomic E-state index is 4.57. The van der Waals surface area contributed by atoms with Crippen molar-refractivity contribution in [3.05, 3.63) is 30.0 Å². The summed E-state index contributed by atoms with van der Waals surface area (Å²) in [6.45, 7) is 1.94. The molecule has 0 unspecified atom stereocenters. The topological polar surface area (TPSA) is 29.9 Å². The number of hydrogen-bond acceptors (Lipinski definition) is 3. The molecule has 18 heavy (non-hydrogen) atoms. The van der Waals surface area contributed by atoms with Crippen LogP contribution >= 0.6 is 11.8 Å². The molecule has 0 saturated carbocycles. The molecule has 3 nitrogen and oxygen atoms in total. The molecule has 0 amide bonds. The third kappa shape index (κ3) is 3.27. The van der Waals surface area contributed by atoms with Gasteiger partial charge in [0.05, 0.1) is 11.2 Å². The van der Waals surface area contributed by atoms with Gasteiger partial charge in [0.1, 0.15) is 0 Å². The normalized spacial score (nSPS) is 11.2. The van der Waals surface area contributed by atoms with Gasteiger partial charge in [-0.3, -0.25) is 4.68 Å². The molecule has 0 bridgehead atoms. The number of benzene rings is 1. The summed E-state index contributed by atoms with van der Waals surface area (Å²) in [6, 6.07) is 8.40. The lowest BCUT2D eigenvalue weighted by Crippen LogP contribution is -2.15. The van der Waals surface area contributed by atoms with Gasteiger partial charge in [-0.25, -0.2) is 0 Å². The highest BCUT2D eigenvalue weighted by Gasteiger charge is 2.06. The molecule has 0 radical (unpaired) electrons. The number of thioether (sulfide) groups is 1. The lowest BCUT2D eigenvalue weighted by molar-refractivity contribution is 0.627. The van der Waals surface area contributed by atoms with Gasteiger partial charge in [0, 0.05) is 19.0 Å². The molecular weight excluding hydrogens is 242 g/mol. The lowest BCUT2D eigenvalue weighted by Gasteiger charge is -2.02. The summed E-state index contributed by atoms with van der Waals surface area (Å²) in [5.74, 6) is 1.26. The maximum Gasteiger partial charge on any atom is 0.0841 e. The van der Waals surface area contributed by atoms with Crippen LogP contribution in [-0.2, 0) is 13.6 Å². The Labute approximate surface area is 113 Å². The summed E-state index contributed by atoms with van der Waals surface area (Å²) in [6.07, 6.45) is 4.69. The summed E-state index contributed by atoms with van der Waals surface area (Å²) in [5.41, 5.74) is 2.36. The van der Waals surface area contributed by atoms with Crippen molar-refractivity contribution >= 4 is 22.7 Å². The Morgan fingerprint density at radius 2 is 2.11 bits per heavy atom. The standard InChI is InChI=1S/C14H21N3S/c1-17-14-8-4-3-7-12(14)13(16-17)11-15-9-5-6-10-18-2/h3-4,7-8,15H,5-6,9-11H2,1-2H3. The van der Waals surface area contributed by atoms with Crippen molar-refractivity contribution in [3.8, 4) is 0 Å². The van der Waals surface area contributed by atoms with Crippen LogP contribution in [-0.4, -0.2) is 28.3 Å².